The minimum atomic E-state index is -0.125. The van der Waals surface area contributed by atoms with Crippen LogP contribution >= 0.6 is 0 Å². The Hall–Kier alpha value is -4.71. The van der Waals surface area contributed by atoms with Crippen LogP contribution in [-0.2, 0) is 24.9 Å². The molecule has 209 valence electrons. The van der Waals surface area contributed by atoms with Crippen molar-refractivity contribution < 1.29 is 44.2 Å². The third-order valence-corrected chi connectivity index (χ3v) is 5.21. The minimum absolute atomic E-state index is 0. The summed E-state index contributed by atoms with van der Waals surface area (Å²) in [5, 5.41) is 8.36. The molecular weight excluding hydrogens is 695 g/mol. The maximum Gasteiger partial charge on any atom is 0.155 e. The second-order valence-corrected chi connectivity index (χ2v) is 8.59. The number of rotatable bonds is 8. The van der Waals surface area contributed by atoms with E-state index in [4.69, 9.17) is 19.3 Å². The van der Waals surface area contributed by atoms with Gasteiger partial charge in [-0.15, -0.1) is 12.1 Å². The monoisotopic (exact) mass is 723 g/mol. The maximum absolute atomic E-state index is 10.0. The van der Waals surface area contributed by atoms with E-state index in [2.05, 4.69) is 11.1 Å². The summed E-state index contributed by atoms with van der Waals surface area (Å²) < 4.78 is 18.2. The molecule has 0 bridgehead atoms. The zero-order chi connectivity index (χ0) is 28.2. The van der Waals surface area contributed by atoms with E-state index in [1.54, 1.807) is 12.3 Å². The first-order valence-corrected chi connectivity index (χ1v) is 12.5. The minimum Gasteiger partial charge on any atom is -0.512 e. The van der Waals surface area contributed by atoms with Crippen molar-refractivity contribution in [3.05, 3.63) is 139 Å². The van der Waals surface area contributed by atoms with E-state index < -0.39 is 0 Å². The normalized spacial score (nSPS) is 10.3. The molecule has 0 spiro atoms. The average molecular weight is 723 g/mol. The van der Waals surface area contributed by atoms with Crippen LogP contribution in [0, 0.1) is 6.07 Å². The molecule has 5 aromatic rings. The molecule has 41 heavy (non-hydrogen) atoms. The topological polar surface area (TPSA) is 77.9 Å². The van der Waals surface area contributed by atoms with Crippen LogP contribution in [0.5, 0.6) is 34.5 Å². The quantitative estimate of drug-likeness (QED) is 0.0980. The van der Waals surface area contributed by atoms with Gasteiger partial charge in [-0.2, -0.15) is 0 Å². The molecule has 0 amide bonds. The summed E-state index contributed by atoms with van der Waals surface area (Å²) in [6.45, 7) is 2.85. The molecule has 0 saturated carbocycles. The van der Waals surface area contributed by atoms with Crippen molar-refractivity contribution in [2.45, 2.75) is 13.8 Å². The Morgan fingerprint density at radius 3 is 1.71 bits per heavy atom. The van der Waals surface area contributed by atoms with Crippen molar-refractivity contribution in [2.24, 2.45) is 0 Å². The number of benzene rings is 4. The van der Waals surface area contributed by atoms with Gasteiger partial charge < -0.3 is 24.3 Å². The number of aliphatic hydroxyl groups is 1. The Bertz CT molecular complexity index is 1550. The standard InChI is InChI=1S/C29H20NO3.C5H8O2.Ir/c1-4-10-22(11-5-1)31-25-16-17-27(29(21-25)33-24-14-8-3-9-15-24)28-20-26(18-19-30-28)32-23-12-6-2-7-13-23;1-4(6)3-5(2)7;/h1-16,18-21H;3,6H,1-2H3;/q-1;;/b;4-3-;. The molecule has 0 fully saturated rings. The molecule has 0 atom stereocenters. The van der Waals surface area contributed by atoms with E-state index in [1.807, 2.05) is 109 Å². The van der Waals surface area contributed by atoms with Crippen LogP contribution in [0.1, 0.15) is 13.8 Å². The van der Waals surface area contributed by atoms with Crippen LogP contribution in [0.25, 0.3) is 11.3 Å². The van der Waals surface area contributed by atoms with Crippen molar-refractivity contribution in [3.8, 4) is 45.8 Å². The van der Waals surface area contributed by atoms with Gasteiger partial charge in [-0.05, 0) is 68.1 Å². The summed E-state index contributed by atoms with van der Waals surface area (Å²) >= 11 is 0. The zero-order valence-electron chi connectivity index (χ0n) is 22.5. The van der Waals surface area contributed by atoms with Gasteiger partial charge in [0.1, 0.15) is 23.0 Å². The van der Waals surface area contributed by atoms with Gasteiger partial charge >= 0.3 is 0 Å². The van der Waals surface area contributed by atoms with Gasteiger partial charge in [0.05, 0.1) is 5.76 Å². The first-order chi connectivity index (χ1) is 19.5. The van der Waals surface area contributed by atoms with Gasteiger partial charge in [-0.25, -0.2) is 0 Å². The summed E-state index contributed by atoms with van der Waals surface area (Å²) in [4.78, 5) is 14.6. The molecule has 0 unspecified atom stereocenters. The number of allylic oxidation sites excluding steroid dienone is 2. The van der Waals surface area contributed by atoms with Gasteiger partial charge in [-0.1, -0.05) is 66.2 Å². The summed E-state index contributed by atoms with van der Waals surface area (Å²) in [5.41, 5.74) is 1.39. The van der Waals surface area contributed by atoms with Gasteiger partial charge in [-0.3, -0.25) is 4.79 Å². The molecule has 0 saturated heterocycles. The number of ketones is 1. The largest absolute Gasteiger partial charge is 0.512 e. The first kappa shape index (κ1) is 30.8. The van der Waals surface area contributed by atoms with E-state index in [0.29, 0.717) is 34.3 Å². The van der Waals surface area contributed by atoms with E-state index in [9.17, 15) is 4.79 Å². The fraction of sp³-hybridized carbons (Fsp3) is 0.0588. The fourth-order valence-corrected chi connectivity index (χ4v) is 3.57. The van der Waals surface area contributed by atoms with Crippen molar-refractivity contribution in [1.82, 2.24) is 4.98 Å². The van der Waals surface area contributed by atoms with E-state index in [0.717, 1.165) is 11.5 Å². The molecule has 5 rings (SSSR count). The van der Waals surface area contributed by atoms with Gasteiger partial charge in [0.15, 0.2) is 5.78 Å². The second-order valence-electron chi connectivity index (χ2n) is 8.59. The van der Waals surface area contributed by atoms with Crippen LogP contribution in [0.15, 0.2) is 133 Å². The molecular formula is C34H28IrNO5-. The third-order valence-electron chi connectivity index (χ3n) is 5.21. The van der Waals surface area contributed by atoms with Crippen molar-refractivity contribution in [1.29, 1.82) is 0 Å². The number of ether oxygens (including phenoxy) is 3. The van der Waals surface area contributed by atoms with Gasteiger partial charge in [0.2, 0.25) is 0 Å². The molecule has 6 nitrogen and oxygen atoms in total. The molecule has 1 radical (unpaired) electrons. The average Bonchev–Trinajstić information content (AvgIpc) is 2.95. The van der Waals surface area contributed by atoms with Crippen molar-refractivity contribution >= 4 is 5.78 Å². The van der Waals surface area contributed by atoms with Gasteiger partial charge in [0.25, 0.3) is 0 Å². The number of pyridine rings is 1. The van der Waals surface area contributed by atoms with Crippen molar-refractivity contribution in [3.63, 3.8) is 0 Å². The summed E-state index contributed by atoms with van der Waals surface area (Å²) in [7, 11) is 0. The molecule has 4 aromatic carbocycles. The molecule has 0 aliphatic heterocycles. The summed E-state index contributed by atoms with van der Waals surface area (Å²) in [6, 6.07) is 39.4. The van der Waals surface area contributed by atoms with Crippen LogP contribution in [-0.4, -0.2) is 15.9 Å². The van der Waals surface area contributed by atoms with E-state index >= 15 is 0 Å². The maximum atomic E-state index is 10.0. The smallest absolute Gasteiger partial charge is 0.155 e. The summed E-state index contributed by atoms with van der Waals surface area (Å²) in [5.74, 6) is 4.02. The number of nitrogens with zero attached hydrogens (tertiary/aromatic N) is 1. The predicted octanol–water partition coefficient (Wildman–Crippen LogP) is 8.96. The van der Waals surface area contributed by atoms with Crippen molar-refractivity contribution in [2.75, 3.05) is 0 Å². The van der Waals surface area contributed by atoms with E-state index in [1.165, 1.54) is 19.9 Å². The number of hydrogen-bond acceptors (Lipinski definition) is 6. The molecule has 1 aromatic heterocycles. The summed E-state index contributed by atoms with van der Waals surface area (Å²) in [6.07, 6.45) is 2.88. The molecule has 7 heteroatoms. The first-order valence-electron chi connectivity index (χ1n) is 12.5. The molecule has 0 aliphatic carbocycles. The van der Waals surface area contributed by atoms with Crippen LogP contribution in [0.4, 0.5) is 0 Å². The molecule has 0 aliphatic rings. The SMILES string of the molecule is CC(=O)/C=C(/C)O.[Ir].[c-]1cc(Oc2ccccc2)cc(Oc2ccccc2)c1-c1cc(Oc2ccccc2)ccn1. The van der Waals surface area contributed by atoms with Crippen LogP contribution in [0.2, 0.25) is 0 Å². The zero-order valence-corrected chi connectivity index (χ0v) is 24.9. The fourth-order valence-electron chi connectivity index (χ4n) is 3.57. The van der Waals surface area contributed by atoms with Crippen LogP contribution in [0.3, 0.4) is 0 Å². The molecule has 1 N–H and O–H groups in total. The molecule has 1 heterocycles. The number of aromatic nitrogens is 1. The Kier molecular flexibility index (Phi) is 11.9. The number of carbonyl (C=O) groups excluding carboxylic acids is 1. The van der Waals surface area contributed by atoms with Gasteiger partial charge in [0, 0.05) is 43.9 Å². The second kappa shape index (κ2) is 15.8. The Morgan fingerprint density at radius 1 is 0.707 bits per heavy atom. The third kappa shape index (κ3) is 10.1. The Labute approximate surface area is 253 Å². The van der Waals surface area contributed by atoms with Crippen LogP contribution < -0.4 is 14.2 Å². The number of carbonyl (C=O) groups is 1. The number of para-hydroxylation sites is 3. The van der Waals surface area contributed by atoms with E-state index in [-0.39, 0.29) is 31.6 Å². The number of aliphatic hydroxyl groups excluding tert-OH is 1. The Morgan fingerprint density at radius 2 is 1.22 bits per heavy atom. The predicted molar refractivity (Wildman–Crippen MR) is 155 cm³/mol. The number of hydrogen-bond donors (Lipinski definition) is 1. The Balaban J connectivity index is 0.000000516.